The van der Waals surface area contributed by atoms with E-state index >= 15 is 0 Å². The highest BCUT2D eigenvalue weighted by molar-refractivity contribution is 5.79. The number of likely N-dealkylation sites (tertiary alicyclic amines) is 1. The summed E-state index contributed by atoms with van der Waals surface area (Å²) in [6.07, 6.45) is 2.69. The van der Waals surface area contributed by atoms with E-state index in [-0.39, 0.29) is 24.2 Å². The van der Waals surface area contributed by atoms with Crippen LogP contribution in [0.4, 0.5) is 0 Å². The van der Waals surface area contributed by atoms with Crippen LogP contribution in [0, 0.1) is 11.8 Å². The molecule has 1 aliphatic rings. The summed E-state index contributed by atoms with van der Waals surface area (Å²) in [6.45, 7) is 3.64. The molecule has 1 fully saturated rings. The van der Waals surface area contributed by atoms with Gasteiger partial charge in [0.25, 0.3) is 0 Å². The zero-order chi connectivity index (χ0) is 12.8. The number of amides is 1. The Bertz CT molecular complexity index is 277. The van der Waals surface area contributed by atoms with Crippen LogP contribution in [0.25, 0.3) is 0 Å². The molecule has 3 N–H and O–H groups in total. The van der Waals surface area contributed by atoms with Gasteiger partial charge in [-0.3, -0.25) is 9.59 Å². The zero-order valence-electron chi connectivity index (χ0n) is 10.4. The molecule has 0 aromatic rings. The van der Waals surface area contributed by atoms with E-state index in [4.69, 9.17) is 10.8 Å². The summed E-state index contributed by atoms with van der Waals surface area (Å²) in [5.74, 6) is -0.709. The Morgan fingerprint density at radius 1 is 1.53 bits per heavy atom. The molecule has 0 saturated carbocycles. The number of carboxylic acid groups (broad SMARTS) is 1. The smallest absolute Gasteiger partial charge is 0.303 e. The van der Waals surface area contributed by atoms with Crippen molar-refractivity contribution >= 4 is 11.9 Å². The van der Waals surface area contributed by atoms with Gasteiger partial charge in [0.05, 0.1) is 5.92 Å². The summed E-state index contributed by atoms with van der Waals surface area (Å²) in [7, 11) is 0. The second-order valence-corrected chi connectivity index (χ2v) is 4.73. The molecule has 5 heteroatoms. The molecule has 0 aromatic carbocycles. The van der Waals surface area contributed by atoms with Crippen LogP contribution in [0.3, 0.4) is 0 Å². The maximum Gasteiger partial charge on any atom is 0.303 e. The Kier molecular flexibility index (Phi) is 5.41. The predicted octanol–water partition coefficient (Wildman–Crippen LogP) is 0.685. The van der Waals surface area contributed by atoms with Gasteiger partial charge in [-0.25, -0.2) is 0 Å². The van der Waals surface area contributed by atoms with Gasteiger partial charge in [-0.05, 0) is 25.2 Å². The highest BCUT2D eigenvalue weighted by Gasteiger charge is 2.28. The van der Waals surface area contributed by atoms with Crippen molar-refractivity contribution in [2.45, 2.75) is 32.6 Å². The van der Waals surface area contributed by atoms with Crippen molar-refractivity contribution in [3.63, 3.8) is 0 Å². The Labute approximate surface area is 102 Å². The van der Waals surface area contributed by atoms with Crippen molar-refractivity contribution in [3.05, 3.63) is 0 Å². The van der Waals surface area contributed by atoms with E-state index in [0.717, 1.165) is 25.8 Å². The van der Waals surface area contributed by atoms with Crippen LogP contribution >= 0.6 is 0 Å². The van der Waals surface area contributed by atoms with E-state index in [1.165, 1.54) is 0 Å². The molecule has 0 bridgehead atoms. The van der Waals surface area contributed by atoms with Gasteiger partial charge in [0.15, 0.2) is 0 Å². The average Bonchev–Trinajstić information content (AvgIpc) is 2.30. The summed E-state index contributed by atoms with van der Waals surface area (Å²) in [4.78, 5) is 24.5. The number of carbonyl (C=O) groups is 2. The Morgan fingerprint density at radius 3 is 2.76 bits per heavy atom. The van der Waals surface area contributed by atoms with E-state index in [1.807, 2.05) is 6.92 Å². The maximum atomic E-state index is 12.1. The largest absolute Gasteiger partial charge is 0.481 e. The monoisotopic (exact) mass is 242 g/mol. The van der Waals surface area contributed by atoms with Gasteiger partial charge in [0, 0.05) is 26.1 Å². The third-order valence-corrected chi connectivity index (χ3v) is 3.42. The van der Waals surface area contributed by atoms with Crippen LogP contribution in [0.15, 0.2) is 0 Å². The molecule has 0 aromatic heterocycles. The summed E-state index contributed by atoms with van der Waals surface area (Å²) in [6, 6.07) is 0. The number of nitrogens with two attached hydrogens (primary N) is 1. The van der Waals surface area contributed by atoms with Crippen molar-refractivity contribution in [2.75, 3.05) is 19.6 Å². The standard InChI is InChI=1S/C12H22N2O3/c1-2-10(7-13)12(17)14-5-3-4-9(8-14)6-11(15)16/h9-10H,2-8,13H2,1H3,(H,15,16). The van der Waals surface area contributed by atoms with Crippen molar-refractivity contribution in [1.29, 1.82) is 0 Å². The number of carboxylic acids is 1. The van der Waals surface area contributed by atoms with Gasteiger partial charge in [0.2, 0.25) is 5.91 Å². The first-order valence-electron chi connectivity index (χ1n) is 6.29. The SMILES string of the molecule is CCC(CN)C(=O)N1CCCC(CC(=O)O)C1. The van der Waals surface area contributed by atoms with Gasteiger partial charge in [0.1, 0.15) is 0 Å². The van der Waals surface area contributed by atoms with E-state index < -0.39 is 5.97 Å². The fourth-order valence-electron chi connectivity index (χ4n) is 2.38. The number of aliphatic carboxylic acids is 1. The minimum atomic E-state index is -0.782. The molecule has 98 valence electrons. The first-order valence-corrected chi connectivity index (χ1v) is 6.29. The number of rotatable bonds is 5. The van der Waals surface area contributed by atoms with Crippen molar-refractivity contribution in [1.82, 2.24) is 4.90 Å². The molecule has 17 heavy (non-hydrogen) atoms. The molecular weight excluding hydrogens is 220 g/mol. The molecule has 0 aliphatic carbocycles. The summed E-state index contributed by atoms with van der Waals surface area (Å²) >= 11 is 0. The normalized spacial score (nSPS) is 22.2. The zero-order valence-corrected chi connectivity index (χ0v) is 10.4. The number of nitrogens with zero attached hydrogens (tertiary/aromatic N) is 1. The van der Waals surface area contributed by atoms with Gasteiger partial charge in [-0.2, -0.15) is 0 Å². The second-order valence-electron chi connectivity index (χ2n) is 4.73. The molecule has 2 atom stereocenters. The van der Waals surface area contributed by atoms with E-state index in [9.17, 15) is 9.59 Å². The average molecular weight is 242 g/mol. The van der Waals surface area contributed by atoms with E-state index in [0.29, 0.717) is 13.1 Å². The molecule has 1 heterocycles. The van der Waals surface area contributed by atoms with Crippen molar-refractivity contribution in [2.24, 2.45) is 17.6 Å². The van der Waals surface area contributed by atoms with Crippen LogP contribution < -0.4 is 5.73 Å². The van der Waals surface area contributed by atoms with Crippen LogP contribution in [-0.2, 0) is 9.59 Å². The first kappa shape index (κ1) is 14.0. The van der Waals surface area contributed by atoms with Crippen LogP contribution in [0.5, 0.6) is 0 Å². The highest BCUT2D eigenvalue weighted by Crippen LogP contribution is 2.21. The minimum Gasteiger partial charge on any atom is -0.481 e. The molecule has 0 radical (unpaired) electrons. The van der Waals surface area contributed by atoms with Gasteiger partial charge >= 0.3 is 5.97 Å². The molecule has 5 nitrogen and oxygen atoms in total. The fraction of sp³-hybridized carbons (Fsp3) is 0.833. The lowest BCUT2D eigenvalue weighted by Crippen LogP contribution is -2.44. The minimum absolute atomic E-state index is 0.0880. The molecule has 1 rings (SSSR count). The third kappa shape index (κ3) is 4.00. The summed E-state index contributed by atoms with van der Waals surface area (Å²) < 4.78 is 0. The number of carbonyl (C=O) groups excluding carboxylic acids is 1. The summed E-state index contributed by atoms with van der Waals surface area (Å²) in [5, 5.41) is 8.77. The number of piperidine rings is 1. The lowest BCUT2D eigenvalue weighted by atomic mass is 9.93. The molecule has 2 unspecified atom stereocenters. The topological polar surface area (TPSA) is 83.6 Å². The lowest BCUT2D eigenvalue weighted by Gasteiger charge is -2.34. The predicted molar refractivity (Wildman–Crippen MR) is 64.4 cm³/mol. The van der Waals surface area contributed by atoms with Crippen molar-refractivity contribution < 1.29 is 14.7 Å². The number of hydrogen-bond donors (Lipinski definition) is 2. The van der Waals surface area contributed by atoms with E-state index in [2.05, 4.69) is 0 Å². The van der Waals surface area contributed by atoms with E-state index in [1.54, 1.807) is 4.90 Å². The van der Waals surface area contributed by atoms with Crippen LogP contribution in [-0.4, -0.2) is 41.5 Å². The Hall–Kier alpha value is -1.10. The molecule has 1 amide bonds. The van der Waals surface area contributed by atoms with Gasteiger partial charge in [-0.1, -0.05) is 6.92 Å². The van der Waals surface area contributed by atoms with Crippen LogP contribution in [0.2, 0.25) is 0 Å². The fourth-order valence-corrected chi connectivity index (χ4v) is 2.38. The molecular formula is C12H22N2O3. The highest BCUT2D eigenvalue weighted by atomic mass is 16.4. The van der Waals surface area contributed by atoms with Gasteiger partial charge < -0.3 is 15.7 Å². The second kappa shape index (κ2) is 6.59. The Balaban J connectivity index is 2.53. The molecule has 1 aliphatic heterocycles. The quantitative estimate of drug-likeness (QED) is 0.742. The third-order valence-electron chi connectivity index (χ3n) is 3.42. The molecule has 1 saturated heterocycles. The van der Waals surface area contributed by atoms with Crippen molar-refractivity contribution in [3.8, 4) is 0 Å². The number of hydrogen-bond acceptors (Lipinski definition) is 3. The maximum absolute atomic E-state index is 12.1. The van der Waals surface area contributed by atoms with Gasteiger partial charge in [-0.15, -0.1) is 0 Å². The van der Waals surface area contributed by atoms with Crippen LogP contribution in [0.1, 0.15) is 32.6 Å². The Morgan fingerprint density at radius 2 is 2.24 bits per heavy atom. The first-order chi connectivity index (χ1) is 8.08. The lowest BCUT2D eigenvalue weighted by molar-refractivity contribution is -0.142. The summed E-state index contributed by atoms with van der Waals surface area (Å²) in [5.41, 5.74) is 5.56. The molecule has 0 spiro atoms.